The molecule has 0 saturated carbocycles. The first-order valence-corrected chi connectivity index (χ1v) is 8.69. The average Bonchev–Trinajstić information content (AvgIpc) is 2.68. The highest BCUT2D eigenvalue weighted by Gasteiger charge is 2.22. The second kappa shape index (κ2) is 7.78. The number of phenols is 1. The Morgan fingerprint density at radius 1 is 1.00 bits per heavy atom. The molecule has 0 atom stereocenters. The van der Waals surface area contributed by atoms with Crippen LogP contribution in [-0.2, 0) is 0 Å². The van der Waals surface area contributed by atoms with Crippen LogP contribution in [0.2, 0.25) is 0 Å². The van der Waals surface area contributed by atoms with E-state index in [4.69, 9.17) is 21.7 Å². The molecule has 138 valence electrons. The summed E-state index contributed by atoms with van der Waals surface area (Å²) in [5.41, 5.74) is 1.77. The first-order valence-electron chi connectivity index (χ1n) is 8.28. The molecule has 3 rings (SSSR count). The lowest BCUT2D eigenvalue weighted by molar-refractivity contribution is 0.339. The van der Waals surface area contributed by atoms with Crippen LogP contribution in [-0.4, -0.2) is 55.4 Å². The fourth-order valence-corrected chi connectivity index (χ4v) is 3.32. The smallest absolute Gasteiger partial charge is 0.200 e. The molecule has 0 amide bonds. The van der Waals surface area contributed by atoms with Gasteiger partial charge in [0.05, 0.1) is 14.2 Å². The van der Waals surface area contributed by atoms with Crippen LogP contribution in [0.4, 0.5) is 10.1 Å². The summed E-state index contributed by atoms with van der Waals surface area (Å²) in [4.78, 5) is 5.00. The largest absolute Gasteiger partial charge is 0.502 e. The molecule has 2 aromatic rings. The van der Waals surface area contributed by atoms with E-state index in [-0.39, 0.29) is 11.6 Å². The van der Waals surface area contributed by atoms with E-state index in [1.165, 1.54) is 26.4 Å². The maximum atomic E-state index is 13.1. The van der Waals surface area contributed by atoms with E-state index in [0.29, 0.717) is 16.5 Å². The van der Waals surface area contributed by atoms with Crippen LogP contribution in [0.3, 0.4) is 0 Å². The highest BCUT2D eigenvalue weighted by Crippen LogP contribution is 2.37. The topological polar surface area (TPSA) is 45.2 Å². The summed E-state index contributed by atoms with van der Waals surface area (Å²) in [5, 5.41) is 10.0. The van der Waals surface area contributed by atoms with Crippen molar-refractivity contribution in [3.05, 3.63) is 47.8 Å². The lowest BCUT2D eigenvalue weighted by atomic mass is 10.1. The Morgan fingerprint density at radius 3 is 2.04 bits per heavy atom. The molecule has 7 heteroatoms. The van der Waals surface area contributed by atoms with Crippen molar-refractivity contribution >= 4 is 22.9 Å². The van der Waals surface area contributed by atoms with Gasteiger partial charge in [0, 0.05) is 37.4 Å². The van der Waals surface area contributed by atoms with Gasteiger partial charge in [0.15, 0.2) is 11.5 Å². The molecule has 5 nitrogen and oxygen atoms in total. The maximum absolute atomic E-state index is 13.1. The molecular weight excluding hydrogens is 355 g/mol. The minimum atomic E-state index is -0.233. The SMILES string of the molecule is COc1cc(C(=S)N2CCN(c3ccc(F)cc3)CC2)cc(OC)c1O. The monoisotopic (exact) mass is 376 g/mol. The van der Waals surface area contributed by atoms with Gasteiger partial charge in [0.25, 0.3) is 0 Å². The van der Waals surface area contributed by atoms with Crippen LogP contribution in [0.15, 0.2) is 36.4 Å². The van der Waals surface area contributed by atoms with Crippen LogP contribution >= 0.6 is 12.2 Å². The van der Waals surface area contributed by atoms with Crippen molar-refractivity contribution in [3.63, 3.8) is 0 Å². The quantitative estimate of drug-likeness (QED) is 0.828. The number of hydrogen-bond donors (Lipinski definition) is 1. The number of hydrogen-bond acceptors (Lipinski definition) is 5. The van der Waals surface area contributed by atoms with Crippen molar-refractivity contribution in [3.8, 4) is 17.2 Å². The van der Waals surface area contributed by atoms with Crippen molar-refractivity contribution in [2.45, 2.75) is 0 Å². The number of rotatable bonds is 4. The minimum absolute atomic E-state index is 0.0392. The Balaban J connectivity index is 1.71. The van der Waals surface area contributed by atoms with Crippen molar-refractivity contribution in [2.75, 3.05) is 45.3 Å². The summed E-state index contributed by atoms with van der Waals surface area (Å²) < 4.78 is 23.5. The number of methoxy groups -OCH3 is 2. The number of piperazine rings is 1. The molecule has 0 bridgehead atoms. The van der Waals surface area contributed by atoms with Crippen molar-refractivity contribution in [1.29, 1.82) is 0 Å². The molecule has 0 spiro atoms. The number of phenolic OH excluding ortho intramolecular Hbond substituents is 1. The number of nitrogens with zero attached hydrogens (tertiary/aromatic N) is 2. The van der Waals surface area contributed by atoms with Crippen LogP contribution in [0.25, 0.3) is 0 Å². The van der Waals surface area contributed by atoms with Gasteiger partial charge in [-0.2, -0.15) is 0 Å². The van der Waals surface area contributed by atoms with Gasteiger partial charge < -0.3 is 24.4 Å². The van der Waals surface area contributed by atoms with Crippen molar-refractivity contribution < 1.29 is 19.0 Å². The van der Waals surface area contributed by atoms with Gasteiger partial charge in [-0.3, -0.25) is 0 Å². The summed E-state index contributed by atoms with van der Waals surface area (Å²) in [6.07, 6.45) is 0. The molecule has 0 unspecified atom stereocenters. The number of benzene rings is 2. The molecule has 26 heavy (non-hydrogen) atoms. The fraction of sp³-hybridized carbons (Fsp3) is 0.316. The normalized spacial score (nSPS) is 14.3. The number of thiocarbonyl (C=S) groups is 1. The third-order valence-electron chi connectivity index (χ3n) is 4.49. The van der Waals surface area contributed by atoms with E-state index in [2.05, 4.69) is 9.80 Å². The first kappa shape index (κ1) is 18.3. The van der Waals surface area contributed by atoms with Crippen LogP contribution in [0.1, 0.15) is 5.56 Å². The zero-order chi connectivity index (χ0) is 18.7. The highest BCUT2D eigenvalue weighted by molar-refractivity contribution is 7.80. The van der Waals surface area contributed by atoms with Gasteiger partial charge in [-0.25, -0.2) is 4.39 Å². The zero-order valence-corrected chi connectivity index (χ0v) is 15.6. The molecule has 1 saturated heterocycles. The van der Waals surface area contributed by atoms with Crippen LogP contribution in [0.5, 0.6) is 17.2 Å². The summed E-state index contributed by atoms with van der Waals surface area (Å²) in [6.45, 7) is 3.08. The lowest BCUT2D eigenvalue weighted by Gasteiger charge is -2.37. The summed E-state index contributed by atoms with van der Waals surface area (Å²) in [6, 6.07) is 9.96. The second-order valence-corrected chi connectivity index (χ2v) is 6.37. The molecular formula is C19H21FN2O3S. The number of anilines is 1. The van der Waals surface area contributed by atoms with E-state index in [1.807, 2.05) is 0 Å². The number of aromatic hydroxyl groups is 1. The van der Waals surface area contributed by atoms with Crippen LogP contribution < -0.4 is 14.4 Å². The van der Waals surface area contributed by atoms with E-state index in [0.717, 1.165) is 37.4 Å². The minimum Gasteiger partial charge on any atom is -0.502 e. The maximum Gasteiger partial charge on any atom is 0.200 e. The van der Waals surface area contributed by atoms with Crippen molar-refractivity contribution in [2.24, 2.45) is 0 Å². The van der Waals surface area contributed by atoms with Gasteiger partial charge in [-0.1, -0.05) is 12.2 Å². The third kappa shape index (κ3) is 3.67. The summed E-state index contributed by atoms with van der Waals surface area (Å²) >= 11 is 5.64. The molecule has 1 fully saturated rings. The molecule has 0 radical (unpaired) electrons. The molecule has 1 aliphatic rings. The average molecular weight is 376 g/mol. The third-order valence-corrected chi connectivity index (χ3v) is 4.98. The molecule has 2 aromatic carbocycles. The van der Waals surface area contributed by atoms with E-state index in [9.17, 15) is 9.50 Å². The number of ether oxygens (including phenoxy) is 2. The molecule has 1 aliphatic heterocycles. The summed E-state index contributed by atoms with van der Waals surface area (Å²) in [5.74, 6) is 0.379. The number of halogens is 1. The summed E-state index contributed by atoms with van der Waals surface area (Å²) in [7, 11) is 2.98. The fourth-order valence-electron chi connectivity index (χ4n) is 3.02. The predicted octanol–water partition coefficient (Wildman–Crippen LogP) is 3.05. The van der Waals surface area contributed by atoms with Gasteiger partial charge in [-0.15, -0.1) is 0 Å². The van der Waals surface area contributed by atoms with Crippen LogP contribution in [0, 0.1) is 5.82 Å². The Kier molecular flexibility index (Phi) is 5.46. The molecule has 1 heterocycles. The Bertz CT molecular complexity index is 765. The molecule has 0 aliphatic carbocycles. The van der Waals surface area contributed by atoms with Gasteiger partial charge in [0.2, 0.25) is 5.75 Å². The van der Waals surface area contributed by atoms with Gasteiger partial charge in [0.1, 0.15) is 10.8 Å². The second-order valence-electron chi connectivity index (χ2n) is 5.99. The molecule has 1 N–H and O–H groups in total. The van der Waals surface area contributed by atoms with Gasteiger partial charge >= 0.3 is 0 Å². The lowest BCUT2D eigenvalue weighted by Crippen LogP contribution is -2.48. The Hall–Kier alpha value is -2.54. The van der Waals surface area contributed by atoms with Crippen molar-refractivity contribution in [1.82, 2.24) is 4.90 Å². The van der Waals surface area contributed by atoms with E-state index >= 15 is 0 Å². The first-order chi connectivity index (χ1) is 12.5. The standard InChI is InChI=1S/C19H21FN2O3S/c1-24-16-11-13(12-17(25-2)18(16)23)19(26)22-9-7-21(8-10-22)15-5-3-14(20)4-6-15/h3-6,11-12,23H,7-10H2,1-2H3. The highest BCUT2D eigenvalue weighted by atomic mass is 32.1. The zero-order valence-electron chi connectivity index (χ0n) is 14.7. The van der Waals surface area contributed by atoms with E-state index in [1.54, 1.807) is 24.3 Å². The van der Waals surface area contributed by atoms with Gasteiger partial charge in [-0.05, 0) is 36.4 Å². The predicted molar refractivity (Wildman–Crippen MR) is 103 cm³/mol. The Morgan fingerprint density at radius 2 is 1.54 bits per heavy atom. The van der Waals surface area contributed by atoms with E-state index < -0.39 is 0 Å². The molecule has 0 aromatic heterocycles. The Labute approximate surface area is 157 Å².